The number of halogens is 2. The lowest BCUT2D eigenvalue weighted by atomic mass is 10.4. The van der Waals surface area contributed by atoms with Crippen LogP contribution in [0, 0.1) is 21.7 Å². The molecule has 0 saturated heterocycles. The molecule has 14 heteroatoms. The van der Waals surface area contributed by atoms with Crippen molar-refractivity contribution >= 4 is 34.9 Å². The van der Waals surface area contributed by atoms with Gasteiger partial charge < -0.3 is 25.8 Å². The third-order valence-electron chi connectivity index (χ3n) is 3.33. The highest BCUT2D eigenvalue weighted by Gasteiger charge is 2.17. The van der Waals surface area contributed by atoms with Crippen molar-refractivity contribution in [3.63, 3.8) is 0 Å². The Morgan fingerprint density at radius 1 is 1.00 bits per heavy atom. The number of carbonyl (C=O) groups is 2. The topological polar surface area (TPSA) is 172 Å². The molecule has 0 atom stereocenters. The molecule has 174 valence electrons. The first-order valence-corrected chi connectivity index (χ1v) is 9.17. The Labute approximate surface area is 181 Å². The summed E-state index contributed by atoms with van der Waals surface area (Å²) in [6.07, 6.45) is 1.84. The molecule has 0 spiro atoms. The summed E-state index contributed by atoms with van der Waals surface area (Å²) in [6, 6.07) is 1.85. The van der Waals surface area contributed by atoms with Crippen LogP contribution in [0.5, 0.6) is 0 Å². The number of ether oxygens (including phenoxy) is 2. The van der Waals surface area contributed by atoms with Crippen molar-refractivity contribution in [2.45, 2.75) is 13.8 Å². The molecule has 2 aromatic rings. The first-order valence-electron chi connectivity index (χ1n) is 9.17. The quantitative estimate of drug-likeness (QED) is 0.286. The molecular formula is C18H22F2N6O6. The second-order valence-corrected chi connectivity index (χ2v) is 5.69. The van der Waals surface area contributed by atoms with Crippen molar-refractivity contribution in [3.8, 4) is 0 Å². The number of hydrogen-bond acceptors (Lipinski definition) is 11. The lowest BCUT2D eigenvalue weighted by Crippen LogP contribution is -2.18. The van der Waals surface area contributed by atoms with Crippen LogP contribution >= 0.6 is 0 Å². The number of esters is 2. The number of hydrogen-bond donors (Lipinski definition) is 3. The lowest BCUT2D eigenvalue weighted by Gasteiger charge is -2.07. The fourth-order valence-corrected chi connectivity index (χ4v) is 2.04. The number of anilines is 3. The SMILES string of the molecule is CCOC(=O)CNc1ncc(F)cc1N.CCOC(=O)CNc1ncc(F)cc1[N+](=O)[O-]. The van der Waals surface area contributed by atoms with Crippen LogP contribution in [0.1, 0.15) is 13.8 Å². The van der Waals surface area contributed by atoms with Gasteiger partial charge in [0.15, 0.2) is 0 Å². The zero-order chi connectivity index (χ0) is 24.1. The van der Waals surface area contributed by atoms with E-state index in [1.807, 2.05) is 0 Å². The normalized spacial score (nSPS) is 9.75. The number of pyridine rings is 2. The molecule has 0 amide bonds. The monoisotopic (exact) mass is 456 g/mol. The average Bonchev–Trinajstić information content (AvgIpc) is 2.73. The molecule has 0 saturated carbocycles. The average molecular weight is 456 g/mol. The summed E-state index contributed by atoms with van der Waals surface area (Å²) in [5.74, 6) is -2.24. The summed E-state index contributed by atoms with van der Waals surface area (Å²) in [5.41, 5.74) is 5.08. The fourth-order valence-electron chi connectivity index (χ4n) is 2.04. The molecular weight excluding hydrogens is 434 g/mol. The number of nitrogens with one attached hydrogen (secondary N) is 2. The van der Waals surface area contributed by atoms with Gasteiger partial charge in [0.1, 0.15) is 30.5 Å². The van der Waals surface area contributed by atoms with E-state index in [0.717, 1.165) is 24.5 Å². The van der Waals surface area contributed by atoms with E-state index in [2.05, 4.69) is 30.1 Å². The van der Waals surface area contributed by atoms with Gasteiger partial charge in [-0.25, -0.2) is 18.7 Å². The van der Waals surface area contributed by atoms with Crippen LogP contribution in [0.2, 0.25) is 0 Å². The molecule has 0 unspecified atom stereocenters. The van der Waals surface area contributed by atoms with Crippen molar-refractivity contribution in [2.24, 2.45) is 0 Å². The number of nitrogen functional groups attached to an aromatic ring is 1. The molecule has 2 rings (SSSR count). The Morgan fingerprint density at radius 3 is 1.94 bits per heavy atom. The van der Waals surface area contributed by atoms with Gasteiger partial charge in [-0.2, -0.15) is 0 Å². The number of carbonyl (C=O) groups excluding carboxylic acids is 2. The molecule has 2 heterocycles. The molecule has 0 bridgehead atoms. The van der Waals surface area contributed by atoms with E-state index in [-0.39, 0.29) is 37.0 Å². The van der Waals surface area contributed by atoms with E-state index in [1.165, 1.54) is 0 Å². The number of nitro groups is 1. The summed E-state index contributed by atoms with van der Waals surface area (Å²) < 4.78 is 34.6. The van der Waals surface area contributed by atoms with Crippen LogP contribution < -0.4 is 16.4 Å². The first-order chi connectivity index (χ1) is 15.2. The lowest BCUT2D eigenvalue weighted by molar-refractivity contribution is -0.384. The standard InChI is InChI=1S/C9H10FN3O4.C9H12FN3O2/c1-2-17-8(14)5-12-9-7(13(15)16)3-6(10)4-11-9;1-2-15-8(14)5-13-9-7(11)3-6(10)4-12-9/h3-4H,2,5H2,1H3,(H,11,12);3-4H,2,5,11H2,1H3,(H,12,13). The molecule has 4 N–H and O–H groups in total. The van der Waals surface area contributed by atoms with Crippen LogP contribution in [0.15, 0.2) is 24.5 Å². The first kappa shape index (κ1) is 25.9. The van der Waals surface area contributed by atoms with Crippen molar-refractivity contribution in [2.75, 3.05) is 42.7 Å². The molecule has 0 radical (unpaired) electrons. The van der Waals surface area contributed by atoms with E-state index in [1.54, 1.807) is 13.8 Å². The molecule has 0 aliphatic rings. The Morgan fingerprint density at radius 2 is 1.47 bits per heavy atom. The highest BCUT2D eigenvalue weighted by molar-refractivity contribution is 5.76. The minimum absolute atomic E-state index is 0.0450. The molecule has 0 aromatic carbocycles. The van der Waals surface area contributed by atoms with Crippen molar-refractivity contribution in [1.82, 2.24) is 9.97 Å². The van der Waals surface area contributed by atoms with E-state index in [0.29, 0.717) is 6.61 Å². The fraction of sp³-hybridized carbons (Fsp3) is 0.333. The summed E-state index contributed by atoms with van der Waals surface area (Å²) >= 11 is 0. The number of nitrogens with zero attached hydrogens (tertiary/aromatic N) is 3. The maximum Gasteiger partial charge on any atom is 0.325 e. The van der Waals surface area contributed by atoms with Gasteiger partial charge >= 0.3 is 17.6 Å². The van der Waals surface area contributed by atoms with E-state index >= 15 is 0 Å². The largest absolute Gasteiger partial charge is 0.465 e. The van der Waals surface area contributed by atoms with Gasteiger partial charge in [0.25, 0.3) is 0 Å². The molecule has 0 aliphatic carbocycles. The highest BCUT2D eigenvalue weighted by atomic mass is 19.1. The summed E-state index contributed by atoms with van der Waals surface area (Å²) in [6.45, 7) is 3.55. The number of rotatable bonds is 9. The van der Waals surface area contributed by atoms with E-state index in [9.17, 15) is 28.5 Å². The van der Waals surface area contributed by atoms with Crippen LogP contribution in [0.4, 0.5) is 31.8 Å². The van der Waals surface area contributed by atoms with Gasteiger partial charge in [0.2, 0.25) is 5.82 Å². The minimum Gasteiger partial charge on any atom is -0.465 e. The molecule has 0 fully saturated rings. The number of nitrogens with two attached hydrogens (primary N) is 1. The van der Waals surface area contributed by atoms with Crippen LogP contribution in [0.3, 0.4) is 0 Å². The van der Waals surface area contributed by atoms with Gasteiger partial charge in [0.05, 0.1) is 42.3 Å². The third kappa shape index (κ3) is 9.15. The van der Waals surface area contributed by atoms with E-state index in [4.69, 9.17) is 5.73 Å². The number of aromatic nitrogens is 2. The zero-order valence-electron chi connectivity index (χ0n) is 17.3. The van der Waals surface area contributed by atoms with Gasteiger partial charge in [-0.15, -0.1) is 0 Å². The van der Waals surface area contributed by atoms with Crippen molar-refractivity contribution in [1.29, 1.82) is 0 Å². The Kier molecular flexibility index (Phi) is 10.7. The maximum absolute atomic E-state index is 12.7. The van der Waals surface area contributed by atoms with Crippen LogP contribution in [0.25, 0.3) is 0 Å². The smallest absolute Gasteiger partial charge is 0.325 e. The van der Waals surface area contributed by atoms with Crippen LogP contribution in [-0.4, -0.2) is 53.1 Å². The predicted octanol–water partition coefficient (Wildman–Crippen LogP) is 1.88. The zero-order valence-corrected chi connectivity index (χ0v) is 17.3. The molecule has 2 aromatic heterocycles. The Bertz CT molecular complexity index is 946. The van der Waals surface area contributed by atoms with Crippen molar-refractivity contribution in [3.05, 3.63) is 46.3 Å². The van der Waals surface area contributed by atoms with Gasteiger partial charge in [-0.05, 0) is 13.8 Å². The summed E-state index contributed by atoms with van der Waals surface area (Å²) in [7, 11) is 0. The van der Waals surface area contributed by atoms with E-state index < -0.39 is 34.2 Å². The third-order valence-corrected chi connectivity index (χ3v) is 3.33. The van der Waals surface area contributed by atoms with Gasteiger partial charge in [-0.1, -0.05) is 0 Å². The maximum atomic E-state index is 12.7. The Hall–Kier alpha value is -4.10. The highest BCUT2D eigenvalue weighted by Crippen LogP contribution is 2.21. The van der Waals surface area contributed by atoms with Crippen LogP contribution in [-0.2, 0) is 19.1 Å². The second-order valence-electron chi connectivity index (χ2n) is 5.69. The molecule has 32 heavy (non-hydrogen) atoms. The minimum atomic E-state index is -0.821. The Balaban J connectivity index is 0.000000323. The molecule has 12 nitrogen and oxygen atoms in total. The summed E-state index contributed by atoms with van der Waals surface area (Å²) in [4.78, 5) is 39.0. The summed E-state index contributed by atoms with van der Waals surface area (Å²) in [5, 5.41) is 15.6. The molecule has 0 aliphatic heterocycles. The second kappa shape index (κ2) is 13.3. The van der Waals surface area contributed by atoms with Crippen molar-refractivity contribution < 1.29 is 32.8 Å². The van der Waals surface area contributed by atoms with Gasteiger partial charge in [-0.3, -0.25) is 19.7 Å². The van der Waals surface area contributed by atoms with Gasteiger partial charge in [0, 0.05) is 6.07 Å². The predicted molar refractivity (Wildman–Crippen MR) is 110 cm³/mol.